The van der Waals surface area contributed by atoms with Crippen LogP contribution in [0.25, 0.3) is 22.0 Å². The number of carbonyl (C=O) groups is 1. The van der Waals surface area contributed by atoms with E-state index in [9.17, 15) is 18.0 Å². The molecule has 0 bridgehead atoms. The number of rotatable bonds is 8. The average Bonchev–Trinajstić information content (AvgIpc) is 2.85. The predicted molar refractivity (Wildman–Crippen MR) is 134 cm³/mol. The lowest BCUT2D eigenvalue weighted by molar-refractivity contribution is -0.274. The predicted octanol–water partition coefficient (Wildman–Crippen LogP) is 7.46. The summed E-state index contributed by atoms with van der Waals surface area (Å²) < 4.78 is 62.9. The van der Waals surface area contributed by atoms with Crippen LogP contribution >= 0.6 is 11.6 Å². The first-order chi connectivity index (χ1) is 18.0. The van der Waals surface area contributed by atoms with E-state index in [4.69, 9.17) is 30.5 Å². The SMILES string of the molecule is COc1cc2nc(C)c(-c3ccc(Oc4ccc(OC(F)(F)F)cc4)cc3)c(OCOC(C)=O)c2cc1Cl. The molecule has 0 atom stereocenters. The highest BCUT2D eigenvalue weighted by atomic mass is 35.5. The standard InChI is InChI=1S/C27H21ClF3NO6/c1-15-25(26(36-14-35-16(2)33)21-12-22(28)24(34-3)13-23(21)32-15)17-4-6-18(7-5-17)37-19-8-10-20(11-9-19)38-27(29,30)31/h4-13H,14H2,1-3H3. The van der Waals surface area contributed by atoms with Crippen LogP contribution in [0, 0.1) is 6.92 Å². The van der Waals surface area contributed by atoms with Gasteiger partial charge in [0, 0.05) is 29.6 Å². The number of methoxy groups -OCH3 is 1. The van der Waals surface area contributed by atoms with Crippen molar-refractivity contribution in [3.8, 4) is 39.9 Å². The van der Waals surface area contributed by atoms with Gasteiger partial charge in [-0.25, -0.2) is 0 Å². The summed E-state index contributed by atoms with van der Waals surface area (Å²) in [6, 6.07) is 15.3. The first-order valence-electron chi connectivity index (χ1n) is 11.1. The summed E-state index contributed by atoms with van der Waals surface area (Å²) in [5.41, 5.74) is 2.57. The van der Waals surface area contributed by atoms with Gasteiger partial charge in [-0.2, -0.15) is 0 Å². The Kier molecular flexibility index (Phi) is 7.82. The summed E-state index contributed by atoms with van der Waals surface area (Å²) in [6.07, 6.45) is -4.77. The second kappa shape index (κ2) is 11.1. The van der Waals surface area contributed by atoms with Crippen molar-refractivity contribution in [3.05, 3.63) is 71.4 Å². The third kappa shape index (κ3) is 6.38. The maximum atomic E-state index is 12.4. The number of ether oxygens (including phenoxy) is 5. The Morgan fingerprint density at radius 1 is 0.974 bits per heavy atom. The fourth-order valence-corrected chi connectivity index (χ4v) is 3.95. The van der Waals surface area contributed by atoms with E-state index in [1.807, 2.05) is 6.92 Å². The van der Waals surface area contributed by atoms with Gasteiger partial charge in [0.2, 0.25) is 6.79 Å². The van der Waals surface area contributed by atoms with E-state index in [1.165, 1.54) is 26.2 Å². The minimum Gasteiger partial charge on any atom is -0.495 e. The van der Waals surface area contributed by atoms with Gasteiger partial charge in [-0.05, 0) is 55.0 Å². The molecule has 0 fully saturated rings. The first kappa shape index (κ1) is 26.9. The Hall–Kier alpha value is -4.18. The molecule has 0 unspecified atom stereocenters. The van der Waals surface area contributed by atoms with Crippen LogP contribution in [0.3, 0.4) is 0 Å². The molecule has 0 saturated carbocycles. The molecule has 38 heavy (non-hydrogen) atoms. The van der Waals surface area contributed by atoms with E-state index in [0.29, 0.717) is 50.2 Å². The average molecular weight is 548 g/mol. The number of nitrogens with zero attached hydrogens (tertiary/aromatic N) is 1. The van der Waals surface area contributed by atoms with Gasteiger partial charge < -0.3 is 23.7 Å². The van der Waals surface area contributed by atoms with Crippen LogP contribution in [0.1, 0.15) is 12.6 Å². The van der Waals surface area contributed by atoms with Crippen molar-refractivity contribution < 1.29 is 41.7 Å². The number of pyridine rings is 1. The largest absolute Gasteiger partial charge is 0.573 e. The number of halogens is 4. The van der Waals surface area contributed by atoms with Crippen LogP contribution in [-0.4, -0.2) is 31.2 Å². The molecule has 0 spiro atoms. The zero-order valence-corrected chi connectivity index (χ0v) is 21.1. The van der Waals surface area contributed by atoms with Gasteiger partial charge in [-0.1, -0.05) is 23.7 Å². The molecule has 7 nitrogen and oxygen atoms in total. The summed E-state index contributed by atoms with van der Waals surface area (Å²) >= 11 is 6.36. The second-order valence-corrected chi connectivity index (χ2v) is 8.36. The van der Waals surface area contributed by atoms with Crippen molar-refractivity contribution in [3.63, 3.8) is 0 Å². The Morgan fingerprint density at radius 2 is 1.58 bits per heavy atom. The van der Waals surface area contributed by atoms with Crippen molar-refractivity contribution in [2.45, 2.75) is 20.2 Å². The zero-order valence-electron chi connectivity index (χ0n) is 20.4. The number of carbonyl (C=O) groups excluding carboxylic acids is 1. The molecule has 0 saturated heterocycles. The Morgan fingerprint density at radius 3 is 2.16 bits per heavy atom. The molecule has 0 aliphatic rings. The molecule has 3 aromatic carbocycles. The van der Waals surface area contributed by atoms with E-state index in [1.54, 1.807) is 36.4 Å². The Labute approximate surface area is 220 Å². The summed E-state index contributed by atoms with van der Waals surface area (Å²) in [4.78, 5) is 16.0. The maximum absolute atomic E-state index is 12.4. The molecule has 11 heteroatoms. The van der Waals surface area contributed by atoms with Crippen LogP contribution in [0.5, 0.6) is 28.7 Å². The molecule has 1 aromatic heterocycles. The summed E-state index contributed by atoms with van der Waals surface area (Å²) in [7, 11) is 1.50. The van der Waals surface area contributed by atoms with Gasteiger partial charge in [-0.15, -0.1) is 13.2 Å². The summed E-state index contributed by atoms with van der Waals surface area (Å²) in [5, 5.41) is 0.939. The van der Waals surface area contributed by atoms with Crippen LogP contribution in [0.2, 0.25) is 5.02 Å². The highest BCUT2D eigenvalue weighted by Gasteiger charge is 2.31. The third-order valence-corrected chi connectivity index (χ3v) is 5.59. The molecule has 1 heterocycles. The number of hydrogen-bond acceptors (Lipinski definition) is 7. The lowest BCUT2D eigenvalue weighted by atomic mass is 10.00. The number of benzene rings is 3. The quantitative estimate of drug-likeness (QED) is 0.167. The molecule has 0 aliphatic heterocycles. The number of fused-ring (bicyclic) bond motifs is 1. The van der Waals surface area contributed by atoms with Crippen molar-refractivity contribution in [2.24, 2.45) is 0 Å². The van der Waals surface area contributed by atoms with Crippen molar-refractivity contribution >= 4 is 28.5 Å². The minimum absolute atomic E-state index is 0.320. The van der Waals surface area contributed by atoms with Crippen LogP contribution in [0.4, 0.5) is 13.2 Å². The number of hydrogen-bond donors (Lipinski definition) is 0. The summed E-state index contributed by atoms with van der Waals surface area (Å²) in [5.74, 6) is 0.778. The van der Waals surface area contributed by atoms with Gasteiger partial charge in [0.25, 0.3) is 0 Å². The van der Waals surface area contributed by atoms with Gasteiger partial charge in [0.15, 0.2) is 0 Å². The zero-order chi connectivity index (χ0) is 27.4. The topological polar surface area (TPSA) is 76.1 Å². The molecular formula is C27H21ClF3NO6. The van der Waals surface area contributed by atoms with E-state index >= 15 is 0 Å². The van der Waals surface area contributed by atoms with Gasteiger partial charge >= 0.3 is 12.3 Å². The van der Waals surface area contributed by atoms with E-state index < -0.39 is 12.3 Å². The number of esters is 1. The van der Waals surface area contributed by atoms with E-state index in [2.05, 4.69) is 9.72 Å². The molecule has 4 rings (SSSR count). The Bertz CT molecular complexity index is 1460. The second-order valence-electron chi connectivity index (χ2n) is 7.95. The van der Waals surface area contributed by atoms with E-state index in [0.717, 1.165) is 17.7 Å². The van der Waals surface area contributed by atoms with Crippen molar-refractivity contribution in [2.75, 3.05) is 13.9 Å². The normalized spacial score (nSPS) is 11.2. The molecule has 4 aromatic rings. The molecule has 0 amide bonds. The summed E-state index contributed by atoms with van der Waals surface area (Å²) in [6.45, 7) is 2.76. The third-order valence-electron chi connectivity index (χ3n) is 5.29. The fraction of sp³-hybridized carbons (Fsp3) is 0.185. The van der Waals surface area contributed by atoms with Gasteiger partial charge in [-0.3, -0.25) is 9.78 Å². The minimum atomic E-state index is -4.77. The lowest BCUT2D eigenvalue weighted by Gasteiger charge is -2.18. The molecule has 0 aliphatic carbocycles. The lowest BCUT2D eigenvalue weighted by Crippen LogP contribution is -2.16. The Balaban J connectivity index is 1.66. The fourth-order valence-electron chi connectivity index (χ4n) is 3.71. The van der Waals surface area contributed by atoms with Gasteiger partial charge in [0.1, 0.15) is 28.7 Å². The highest BCUT2D eigenvalue weighted by Crippen LogP contribution is 2.42. The molecule has 0 N–H and O–H groups in total. The van der Waals surface area contributed by atoms with Crippen LogP contribution in [0.15, 0.2) is 60.7 Å². The number of aryl methyl sites for hydroxylation is 1. The molecule has 0 radical (unpaired) electrons. The van der Waals surface area contributed by atoms with Gasteiger partial charge in [0.05, 0.1) is 17.6 Å². The van der Waals surface area contributed by atoms with Crippen molar-refractivity contribution in [1.82, 2.24) is 4.98 Å². The van der Waals surface area contributed by atoms with Crippen LogP contribution < -0.4 is 18.9 Å². The maximum Gasteiger partial charge on any atom is 0.573 e. The number of alkyl halides is 3. The first-order valence-corrected chi connectivity index (χ1v) is 11.5. The molecular weight excluding hydrogens is 527 g/mol. The monoisotopic (exact) mass is 547 g/mol. The van der Waals surface area contributed by atoms with Crippen LogP contribution in [-0.2, 0) is 9.53 Å². The highest BCUT2D eigenvalue weighted by molar-refractivity contribution is 6.33. The molecule has 198 valence electrons. The number of aromatic nitrogens is 1. The van der Waals surface area contributed by atoms with E-state index in [-0.39, 0.29) is 12.5 Å². The smallest absolute Gasteiger partial charge is 0.495 e. The van der Waals surface area contributed by atoms with Crippen molar-refractivity contribution in [1.29, 1.82) is 0 Å².